The minimum Gasteiger partial charge on any atom is -0.389 e. The molecular formula is C12H20N2O. The maximum absolute atomic E-state index is 10.5. The SMILES string of the molecule is CC1CCCC(O)(Cc2nccn2C)C1. The topological polar surface area (TPSA) is 38.1 Å². The Morgan fingerprint density at radius 2 is 2.47 bits per heavy atom. The van der Waals surface area contributed by atoms with E-state index in [1.165, 1.54) is 6.42 Å². The van der Waals surface area contributed by atoms with Crippen LogP contribution < -0.4 is 0 Å². The largest absolute Gasteiger partial charge is 0.389 e. The van der Waals surface area contributed by atoms with E-state index >= 15 is 0 Å². The van der Waals surface area contributed by atoms with Crippen molar-refractivity contribution in [1.29, 1.82) is 0 Å². The molecule has 0 saturated heterocycles. The van der Waals surface area contributed by atoms with E-state index in [2.05, 4.69) is 11.9 Å². The summed E-state index contributed by atoms with van der Waals surface area (Å²) in [6.07, 6.45) is 8.66. The van der Waals surface area contributed by atoms with E-state index in [0.29, 0.717) is 12.3 Å². The van der Waals surface area contributed by atoms with Crippen LogP contribution in [0.15, 0.2) is 12.4 Å². The van der Waals surface area contributed by atoms with Gasteiger partial charge in [0.15, 0.2) is 0 Å². The van der Waals surface area contributed by atoms with Crippen LogP contribution in [-0.2, 0) is 13.5 Å². The zero-order chi connectivity index (χ0) is 10.9. The van der Waals surface area contributed by atoms with Crippen LogP contribution in [0.2, 0.25) is 0 Å². The highest BCUT2D eigenvalue weighted by Crippen LogP contribution is 2.34. The lowest BCUT2D eigenvalue weighted by atomic mass is 9.77. The molecule has 0 amide bonds. The van der Waals surface area contributed by atoms with Crippen molar-refractivity contribution in [1.82, 2.24) is 9.55 Å². The normalized spacial score (nSPS) is 31.8. The Balaban J connectivity index is 2.07. The van der Waals surface area contributed by atoms with Gasteiger partial charge in [-0.15, -0.1) is 0 Å². The molecule has 0 spiro atoms. The fraction of sp³-hybridized carbons (Fsp3) is 0.750. The van der Waals surface area contributed by atoms with Crippen LogP contribution in [0.1, 0.15) is 38.4 Å². The minimum atomic E-state index is -0.517. The lowest BCUT2D eigenvalue weighted by Gasteiger charge is -2.35. The van der Waals surface area contributed by atoms with Crippen LogP contribution >= 0.6 is 0 Å². The third-order valence-corrected chi connectivity index (χ3v) is 3.48. The molecule has 2 atom stereocenters. The Morgan fingerprint density at radius 3 is 3.07 bits per heavy atom. The summed E-state index contributed by atoms with van der Waals surface area (Å²) in [4.78, 5) is 4.28. The summed E-state index contributed by atoms with van der Waals surface area (Å²) in [5.74, 6) is 1.63. The van der Waals surface area contributed by atoms with Gasteiger partial charge in [-0.3, -0.25) is 0 Å². The summed E-state index contributed by atoms with van der Waals surface area (Å²) in [6.45, 7) is 2.22. The monoisotopic (exact) mass is 208 g/mol. The second-order valence-corrected chi connectivity index (χ2v) is 5.06. The second kappa shape index (κ2) is 3.97. The van der Waals surface area contributed by atoms with Crippen molar-refractivity contribution < 1.29 is 5.11 Å². The van der Waals surface area contributed by atoms with Crippen molar-refractivity contribution in [3.63, 3.8) is 0 Å². The number of nitrogens with zero attached hydrogens (tertiary/aromatic N) is 2. The average Bonchev–Trinajstić information content (AvgIpc) is 2.50. The van der Waals surface area contributed by atoms with Gasteiger partial charge in [-0.1, -0.05) is 19.8 Å². The minimum absolute atomic E-state index is 0.517. The summed E-state index contributed by atoms with van der Waals surface area (Å²) in [5, 5.41) is 10.5. The molecule has 3 nitrogen and oxygen atoms in total. The molecular weight excluding hydrogens is 188 g/mol. The number of imidazole rings is 1. The predicted octanol–water partition coefficient (Wildman–Crippen LogP) is 1.90. The van der Waals surface area contributed by atoms with Crippen molar-refractivity contribution in [2.45, 2.75) is 44.6 Å². The van der Waals surface area contributed by atoms with Crippen LogP contribution in [0.5, 0.6) is 0 Å². The first-order chi connectivity index (χ1) is 7.09. The second-order valence-electron chi connectivity index (χ2n) is 5.06. The summed E-state index contributed by atoms with van der Waals surface area (Å²) < 4.78 is 2.00. The van der Waals surface area contributed by atoms with Gasteiger partial charge in [0.1, 0.15) is 5.82 Å². The molecule has 15 heavy (non-hydrogen) atoms. The van der Waals surface area contributed by atoms with E-state index in [4.69, 9.17) is 0 Å². The van der Waals surface area contributed by atoms with E-state index in [1.807, 2.05) is 17.8 Å². The third-order valence-electron chi connectivity index (χ3n) is 3.48. The Hall–Kier alpha value is -0.830. The van der Waals surface area contributed by atoms with Crippen LogP contribution in [0, 0.1) is 5.92 Å². The summed E-state index contributed by atoms with van der Waals surface area (Å²) in [7, 11) is 1.98. The zero-order valence-corrected chi connectivity index (χ0v) is 9.61. The summed E-state index contributed by atoms with van der Waals surface area (Å²) in [6, 6.07) is 0. The molecule has 2 rings (SSSR count). The number of hydrogen-bond donors (Lipinski definition) is 1. The quantitative estimate of drug-likeness (QED) is 0.806. The molecule has 3 heteroatoms. The maximum atomic E-state index is 10.5. The van der Waals surface area contributed by atoms with Gasteiger partial charge in [-0.25, -0.2) is 4.98 Å². The van der Waals surface area contributed by atoms with E-state index < -0.39 is 5.60 Å². The number of rotatable bonds is 2. The van der Waals surface area contributed by atoms with Gasteiger partial charge in [-0.05, 0) is 18.8 Å². The molecule has 1 fully saturated rings. The standard InChI is InChI=1S/C12H20N2O/c1-10-4-3-5-12(15,8-10)9-11-13-6-7-14(11)2/h6-7,10,15H,3-5,8-9H2,1-2H3. The molecule has 1 heterocycles. The first-order valence-electron chi connectivity index (χ1n) is 5.78. The van der Waals surface area contributed by atoms with Crippen LogP contribution in [-0.4, -0.2) is 20.3 Å². The molecule has 0 radical (unpaired) electrons. The van der Waals surface area contributed by atoms with E-state index in [1.54, 1.807) is 6.20 Å². The predicted molar refractivity (Wildman–Crippen MR) is 59.5 cm³/mol. The molecule has 1 aliphatic rings. The van der Waals surface area contributed by atoms with E-state index in [0.717, 1.165) is 25.1 Å². The molecule has 0 bridgehead atoms. The van der Waals surface area contributed by atoms with Crippen LogP contribution in [0.4, 0.5) is 0 Å². The van der Waals surface area contributed by atoms with Gasteiger partial charge in [0.25, 0.3) is 0 Å². The molecule has 1 aromatic rings. The molecule has 1 aromatic heterocycles. The molecule has 84 valence electrons. The van der Waals surface area contributed by atoms with Crippen molar-refractivity contribution in [3.8, 4) is 0 Å². The van der Waals surface area contributed by atoms with E-state index in [9.17, 15) is 5.11 Å². The highest BCUT2D eigenvalue weighted by Gasteiger charge is 2.33. The van der Waals surface area contributed by atoms with Gasteiger partial charge in [-0.2, -0.15) is 0 Å². The number of aryl methyl sites for hydroxylation is 1. The van der Waals surface area contributed by atoms with Gasteiger partial charge < -0.3 is 9.67 Å². The van der Waals surface area contributed by atoms with Crippen LogP contribution in [0.25, 0.3) is 0 Å². The van der Waals surface area contributed by atoms with Gasteiger partial charge >= 0.3 is 0 Å². The number of hydrogen-bond acceptors (Lipinski definition) is 2. The first kappa shape index (κ1) is 10.7. The first-order valence-corrected chi connectivity index (χ1v) is 5.78. The Labute approximate surface area is 91.1 Å². The molecule has 0 aliphatic heterocycles. The van der Waals surface area contributed by atoms with Gasteiger partial charge in [0.2, 0.25) is 0 Å². The number of aromatic nitrogens is 2. The smallest absolute Gasteiger partial charge is 0.111 e. The molecule has 0 aromatic carbocycles. The Kier molecular flexibility index (Phi) is 2.83. The highest BCUT2D eigenvalue weighted by molar-refractivity contribution is 4.99. The third kappa shape index (κ3) is 2.40. The lowest BCUT2D eigenvalue weighted by molar-refractivity contribution is -0.0144. The zero-order valence-electron chi connectivity index (χ0n) is 9.61. The molecule has 1 saturated carbocycles. The Bertz CT molecular complexity index is 334. The highest BCUT2D eigenvalue weighted by atomic mass is 16.3. The fourth-order valence-corrected chi connectivity index (χ4v) is 2.65. The Morgan fingerprint density at radius 1 is 1.67 bits per heavy atom. The molecule has 2 unspecified atom stereocenters. The summed E-state index contributed by atoms with van der Waals surface area (Å²) >= 11 is 0. The molecule has 1 N–H and O–H groups in total. The van der Waals surface area contributed by atoms with Crippen molar-refractivity contribution >= 4 is 0 Å². The van der Waals surface area contributed by atoms with E-state index in [-0.39, 0.29) is 0 Å². The van der Waals surface area contributed by atoms with Crippen LogP contribution in [0.3, 0.4) is 0 Å². The maximum Gasteiger partial charge on any atom is 0.111 e. The average molecular weight is 208 g/mol. The van der Waals surface area contributed by atoms with Gasteiger partial charge in [0.05, 0.1) is 5.60 Å². The van der Waals surface area contributed by atoms with Gasteiger partial charge in [0, 0.05) is 25.9 Å². The lowest BCUT2D eigenvalue weighted by Crippen LogP contribution is -2.37. The van der Waals surface area contributed by atoms with Crippen molar-refractivity contribution in [2.24, 2.45) is 13.0 Å². The van der Waals surface area contributed by atoms with Crippen molar-refractivity contribution in [3.05, 3.63) is 18.2 Å². The summed E-state index contributed by atoms with van der Waals surface area (Å²) in [5.41, 5.74) is -0.517. The van der Waals surface area contributed by atoms with Crippen molar-refractivity contribution in [2.75, 3.05) is 0 Å². The number of aliphatic hydroxyl groups is 1. The molecule has 1 aliphatic carbocycles. The fourth-order valence-electron chi connectivity index (χ4n) is 2.65.